The van der Waals surface area contributed by atoms with Crippen LogP contribution in [0.4, 0.5) is 0 Å². The van der Waals surface area contributed by atoms with Gasteiger partial charge in [0.15, 0.2) is 0 Å². The van der Waals surface area contributed by atoms with Crippen LogP contribution in [0.15, 0.2) is 17.0 Å². The Morgan fingerprint density at radius 1 is 1.41 bits per heavy atom. The van der Waals surface area contributed by atoms with E-state index >= 15 is 0 Å². The SMILES string of the molecule is CCCCN1CCC[C@@H]1CNC(=O)c1cc(S(N)(=O)=O)cc2c1O[C@H](C)C2. The number of fused-ring (bicyclic) bond motifs is 1. The van der Waals surface area contributed by atoms with Crippen LogP contribution in [0.25, 0.3) is 0 Å². The van der Waals surface area contributed by atoms with Gasteiger partial charge in [0.2, 0.25) is 10.0 Å². The van der Waals surface area contributed by atoms with E-state index in [2.05, 4.69) is 17.1 Å². The minimum absolute atomic E-state index is 0.0467. The van der Waals surface area contributed by atoms with Gasteiger partial charge in [-0.3, -0.25) is 9.69 Å². The fourth-order valence-corrected chi connectivity index (χ4v) is 4.51. The van der Waals surface area contributed by atoms with Crippen LogP contribution in [0.1, 0.15) is 55.5 Å². The van der Waals surface area contributed by atoms with Gasteiger partial charge in [0, 0.05) is 19.0 Å². The van der Waals surface area contributed by atoms with Gasteiger partial charge in [-0.1, -0.05) is 13.3 Å². The smallest absolute Gasteiger partial charge is 0.255 e. The number of primary sulfonamides is 1. The quantitative estimate of drug-likeness (QED) is 0.731. The zero-order valence-electron chi connectivity index (χ0n) is 16.0. The van der Waals surface area contributed by atoms with Gasteiger partial charge >= 0.3 is 0 Å². The molecule has 0 aliphatic carbocycles. The minimum Gasteiger partial charge on any atom is -0.489 e. The number of ether oxygens (including phenoxy) is 1. The number of hydrogen-bond donors (Lipinski definition) is 2. The van der Waals surface area contributed by atoms with Crippen molar-refractivity contribution in [2.24, 2.45) is 5.14 Å². The summed E-state index contributed by atoms with van der Waals surface area (Å²) < 4.78 is 29.4. The fraction of sp³-hybridized carbons (Fsp3) is 0.632. The Hall–Kier alpha value is -1.64. The summed E-state index contributed by atoms with van der Waals surface area (Å²) in [5, 5.41) is 8.26. The molecule has 1 aromatic rings. The molecule has 3 rings (SSSR count). The van der Waals surface area contributed by atoms with E-state index in [-0.39, 0.29) is 22.5 Å². The molecule has 0 radical (unpaired) electrons. The van der Waals surface area contributed by atoms with E-state index in [1.807, 2.05) is 6.92 Å². The van der Waals surface area contributed by atoms with E-state index in [1.54, 1.807) is 0 Å². The number of amides is 1. The monoisotopic (exact) mass is 395 g/mol. The number of hydrogen-bond acceptors (Lipinski definition) is 5. The molecular weight excluding hydrogens is 366 g/mol. The topological polar surface area (TPSA) is 102 Å². The number of rotatable bonds is 7. The van der Waals surface area contributed by atoms with Gasteiger partial charge in [0.25, 0.3) is 5.91 Å². The normalized spacial score (nSPS) is 22.5. The number of nitrogens with one attached hydrogen (secondary N) is 1. The molecule has 2 heterocycles. The van der Waals surface area contributed by atoms with Gasteiger partial charge in [0.1, 0.15) is 11.9 Å². The second-order valence-electron chi connectivity index (χ2n) is 7.53. The third kappa shape index (κ3) is 4.62. The van der Waals surface area contributed by atoms with Gasteiger partial charge in [-0.25, -0.2) is 13.6 Å². The van der Waals surface area contributed by atoms with Crippen LogP contribution in [0.5, 0.6) is 5.75 Å². The third-order valence-corrected chi connectivity index (χ3v) is 6.23. The highest BCUT2D eigenvalue weighted by Gasteiger charge is 2.29. The first-order chi connectivity index (χ1) is 12.8. The van der Waals surface area contributed by atoms with E-state index in [0.29, 0.717) is 30.3 Å². The van der Waals surface area contributed by atoms with Crippen molar-refractivity contribution in [2.45, 2.75) is 63.0 Å². The van der Waals surface area contributed by atoms with Crippen molar-refractivity contribution in [3.63, 3.8) is 0 Å². The van der Waals surface area contributed by atoms with Crippen molar-refractivity contribution in [1.29, 1.82) is 0 Å². The van der Waals surface area contributed by atoms with Crippen molar-refractivity contribution in [3.8, 4) is 5.75 Å². The molecule has 8 heteroatoms. The van der Waals surface area contributed by atoms with E-state index in [9.17, 15) is 13.2 Å². The second kappa shape index (κ2) is 8.16. The first-order valence-corrected chi connectivity index (χ1v) is 11.2. The molecule has 0 bridgehead atoms. The second-order valence-corrected chi connectivity index (χ2v) is 9.09. The molecule has 2 aliphatic rings. The molecule has 2 atom stereocenters. The Balaban J connectivity index is 1.76. The maximum absolute atomic E-state index is 12.8. The molecule has 1 aromatic carbocycles. The van der Waals surface area contributed by atoms with Crippen LogP contribution in [-0.4, -0.2) is 51.0 Å². The number of carbonyl (C=O) groups excluding carboxylic acids is 1. The molecule has 0 unspecified atom stereocenters. The third-order valence-electron chi connectivity index (χ3n) is 5.34. The molecule has 0 spiro atoms. The number of nitrogens with zero attached hydrogens (tertiary/aromatic N) is 1. The average Bonchev–Trinajstić information content (AvgIpc) is 3.20. The molecule has 27 heavy (non-hydrogen) atoms. The molecule has 0 saturated carbocycles. The number of benzene rings is 1. The first-order valence-electron chi connectivity index (χ1n) is 9.68. The molecule has 3 N–H and O–H groups in total. The van der Waals surface area contributed by atoms with Gasteiger partial charge in [-0.2, -0.15) is 0 Å². The Bertz CT molecular complexity index is 809. The van der Waals surface area contributed by atoms with Gasteiger partial charge in [0.05, 0.1) is 10.5 Å². The minimum atomic E-state index is -3.89. The molecule has 1 saturated heterocycles. The highest BCUT2D eigenvalue weighted by atomic mass is 32.2. The molecule has 1 fully saturated rings. The molecular formula is C19H29N3O4S. The number of nitrogens with two attached hydrogens (primary N) is 1. The lowest BCUT2D eigenvalue weighted by Gasteiger charge is -2.24. The van der Waals surface area contributed by atoms with E-state index < -0.39 is 10.0 Å². The predicted octanol–water partition coefficient (Wildman–Crippen LogP) is 1.65. The van der Waals surface area contributed by atoms with Crippen molar-refractivity contribution in [3.05, 3.63) is 23.3 Å². The molecule has 2 aliphatic heterocycles. The van der Waals surface area contributed by atoms with Gasteiger partial charge in [-0.15, -0.1) is 0 Å². The Morgan fingerprint density at radius 2 is 2.19 bits per heavy atom. The van der Waals surface area contributed by atoms with Crippen molar-refractivity contribution < 1.29 is 17.9 Å². The number of sulfonamides is 1. The number of likely N-dealkylation sites (tertiary alicyclic amines) is 1. The summed E-state index contributed by atoms with van der Waals surface area (Å²) in [5.74, 6) is 0.162. The standard InChI is InChI=1S/C19H29N3O4S/c1-3-4-7-22-8-5-6-15(22)12-21-19(23)17-11-16(27(20,24)25)10-14-9-13(2)26-18(14)17/h10-11,13,15H,3-9,12H2,1-2H3,(H,21,23)(H2,20,24,25)/t13-,15-/m1/s1. The summed E-state index contributed by atoms with van der Waals surface area (Å²) in [4.78, 5) is 15.2. The van der Waals surface area contributed by atoms with Crippen LogP contribution < -0.4 is 15.2 Å². The van der Waals surface area contributed by atoms with E-state index in [4.69, 9.17) is 9.88 Å². The fourth-order valence-electron chi connectivity index (χ4n) is 3.92. The van der Waals surface area contributed by atoms with Crippen LogP contribution >= 0.6 is 0 Å². The molecule has 7 nitrogen and oxygen atoms in total. The zero-order valence-corrected chi connectivity index (χ0v) is 16.8. The van der Waals surface area contributed by atoms with Crippen LogP contribution in [0.2, 0.25) is 0 Å². The lowest BCUT2D eigenvalue weighted by molar-refractivity contribution is 0.0935. The molecule has 0 aromatic heterocycles. The Labute approximate surface area is 161 Å². The zero-order chi connectivity index (χ0) is 19.6. The largest absolute Gasteiger partial charge is 0.489 e. The summed E-state index contributed by atoms with van der Waals surface area (Å²) in [6.07, 6.45) is 4.97. The number of unbranched alkanes of at least 4 members (excludes halogenated alkanes) is 1. The van der Waals surface area contributed by atoms with Crippen LogP contribution in [0, 0.1) is 0 Å². The Morgan fingerprint density at radius 3 is 2.89 bits per heavy atom. The van der Waals surface area contributed by atoms with Crippen molar-refractivity contribution >= 4 is 15.9 Å². The maximum atomic E-state index is 12.8. The van der Waals surface area contributed by atoms with Crippen molar-refractivity contribution in [1.82, 2.24) is 10.2 Å². The molecule has 150 valence electrons. The van der Waals surface area contributed by atoms with E-state index in [0.717, 1.165) is 38.8 Å². The lowest BCUT2D eigenvalue weighted by Crippen LogP contribution is -2.40. The molecule has 1 amide bonds. The van der Waals surface area contributed by atoms with Gasteiger partial charge in [-0.05, 0) is 57.0 Å². The highest BCUT2D eigenvalue weighted by molar-refractivity contribution is 7.89. The van der Waals surface area contributed by atoms with Crippen LogP contribution in [0.3, 0.4) is 0 Å². The summed E-state index contributed by atoms with van der Waals surface area (Å²) in [6, 6.07) is 3.16. The average molecular weight is 396 g/mol. The van der Waals surface area contributed by atoms with E-state index in [1.165, 1.54) is 12.1 Å². The summed E-state index contributed by atoms with van der Waals surface area (Å²) in [7, 11) is -3.89. The van der Waals surface area contributed by atoms with Crippen LogP contribution in [-0.2, 0) is 16.4 Å². The summed E-state index contributed by atoms with van der Waals surface area (Å²) in [6.45, 7) is 6.73. The van der Waals surface area contributed by atoms with Crippen molar-refractivity contribution in [2.75, 3.05) is 19.6 Å². The summed E-state index contributed by atoms with van der Waals surface area (Å²) >= 11 is 0. The lowest BCUT2D eigenvalue weighted by atomic mass is 10.1. The number of carbonyl (C=O) groups is 1. The first kappa shape index (κ1) is 20.1. The maximum Gasteiger partial charge on any atom is 0.255 e. The predicted molar refractivity (Wildman–Crippen MR) is 103 cm³/mol. The van der Waals surface area contributed by atoms with Gasteiger partial charge < -0.3 is 10.1 Å². The highest BCUT2D eigenvalue weighted by Crippen LogP contribution is 2.35. The summed E-state index contributed by atoms with van der Waals surface area (Å²) in [5.41, 5.74) is 0.962. The Kier molecular flexibility index (Phi) is 6.08.